The van der Waals surface area contributed by atoms with E-state index in [1.807, 2.05) is 12.1 Å². The van der Waals surface area contributed by atoms with Gasteiger partial charge in [0.05, 0.1) is 25.0 Å². The minimum atomic E-state index is -1.33. The summed E-state index contributed by atoms with van der Waals surface area (Å²) < 4.78 is 42.0. The van der Waals surface area contributed by atoms with Gasteiger partial charge in [-0.25, -0.2) is 0 Å². The number of likely N-dealkylation sites (N-methyl/N-ethyl adjacent to an activating group) is 2. The molecule has 5 fully saturated rings. The predicted molar refractivity (Wildman–Crippen MR) is 222 cm³/mol. The third kappa shape index (κ3) is 2.82. The Morgan fingerprint density at radius 1 is 0.516 bits per heavy atom. The molecule has 8 bridgehead atoms. The monoisotopic (exact) mass is 838 g/mol. The molecular formula is C50H50N2O10. The largest absolute Gasteiger partial charge is 0.508 e. The van der Waals surface area contributed by atoms with E-state index in [9.17, 15) is 20.4 Å². The summed E-state index contributed by atoms with van der Waals surface area (Å²) in [5.41, 5.74) is 1.67. The fraction of sp³-hybridized carbons (Fsp3) is 0.520. The molecule has 12 nitrogen and oxygen atoms in total. The molecular weight excluding hydrogens is 789 g/mol. The topological polar surface area (TPSA) is 143 Å². The lowest BCUT2D eigenvalue weighted by Gasteiger charge is -2.89. The van der Waals surface area contributed by atoms with Gasteiger partial charge in [-0.15, -0.1) is 0 Å². The van der Waals surface area contributed by atoms with Crippen LogP contribution in [0.1, 0.15) is 57.3 Å². The first-order valence-corrected chi connectivity index (χ1v) is 22.4. The molecule has 9 aliphatic carbocycles. The van der Waals surface area contributed by atoms with Crippen LogP contribution in [0.2, 0.25) is 0 Å². The van der Waals surface area contributed by atoms with Crippen LogP contribution in [0.15, 0.2) is 48.5 Å². The number of likely N-dealkylation sites (tertiary alicyclic amines) is 2. The van der Waals surface area contributed by atoms with Gasteiger partial charge in [0.1, 0.15) is 46.4 Å². The Labute approximate surface area is 358 Å². The Balaban J connectivity index is 1.16. The molecule has 0 radical (unpaired) electrons. The summed E-state index contributed by atoms with van der Waals surface area (Å²) in [6.45, 7) is 1.60. The molecule has 4 N–H and O–H groups in total. The van der Waals surface area contributed by atoms with Crippen LogP contribution in [-0.4, -0.2) is 110 Å². The van der Waals surface area contributed by atoms with E-state index >= 15 is 0 Å². The van der Waals surface area contributed by atoms with Crippen LogP contribution >= 0.6 is 0 Å². The van der Waals surface area contributed by atoms with E-state index in [1.54, 1.807) is 52.7 Å². The summed E-state index contributed by atoms with van der Waals surface area (Å²) in [6, 6.07) is 14.8. The minimum absolute atomic E-state index is 0.0601. The zero-order valence-corrected chi connectivity index (χ0v) is 35.6. The van der Waals surface area contributed by atoms with Crippen LogP contribution in [0.25, 0.3) is 0 Å². The van der Waals surface area contributed by atoms with Crippen molar-refractivity contribution in [3.05, 3.63) is 93.0 Å². The average Bonchev–Trinajstić information content (AvgIpc) is 3.82. The van der Waals surface area contributed by atoms with Gasteiger partial charge in [-0.1, -0.05) is 12.1 Å². The van der Waals surface area contributed by atoms with Crippen LogP contribution in [0.4, 0.5) is 0 Å². The fourth-order valence-corrected chi connectivity index (χ4v) is 19.3. The highest BCUT2D eigenvalue weighted by Gasteiger charge is 2.98. The van der Waals surface area contributed by atoms with Crippen molar-refractivity contribution in [2.75, 3.05) is 55.6 Å². The molecule has 13 aliphatic rings. The number of phenols is 4. The number of rotatable bonds is 4. The van der Waals surface area contributed by atoms with E-state index in [4.69, 9.17) is 28.4 Å². The molecule has 4 aromatic rings. The fourth-order valence-electron chi connectivity index (χ4n) is 19.3. The Morgan fingerprint density at radius 2 is 0.903 bits per heavy atom. The third-order valence-corrected chi connectivity index (χ3v) is 20.2. The maximum absolute atomic E-state index is 12.8. The highest BCUT2D eigenvalue weighted by atomic mass is 16.6. The highest BCUT2D eigenvalue weighted by molar-refractivity contribution is 5.79. The van der Waals surface area contributed by atoms with E-state index in [0.29, 0.717) is 35.5 Å². The van der Waals surface area contributed by atoms with Crippen molar-refractivity contribution >= 4 is 0 Å². The second-order valence-corrected chi connectivity index (χ2v) is 20.6. The average molecular weight is 839 g/mol. The first-order valence-electron chi connectivity index (χ1n) is 22.4. The van der Waals surface area contributed by atoms with E-state index in [1.165, 1.54) is 11.1 Å². The van der Waals surface area contributed by atoms with Crippen molar-refractivity contribution in [1.29, 1.82) is 0 Å². The second kappa shape index (κ2) is 10.2. The Hall–Kier alpha value is -4.88. The molecule has 4 spiro atoms. The standard InChI is InChI=1S/C50H50N2O10/c1-51-17-15-45-31-21-7-13-27(57-3)41(31)61-43(45)49(59-5)35-25(55)11-9-23(53)33(35)47(45,29(51)19-21)37-38-40(39(37)49)50(60-6)36-26(56)12-10-24(54)34(36)48(38)30-20-22-8-14-28(58-4)42-32(22)46(48,44(50)62-42)16-18-52(30)2/h7-14,29-30,37-40,43-44,53-56H,15-20H2,1-6H3/t29-,30-,37?,38?,39?,40?,43-,44-,45+,46+,47+,48+,49-,50+/m1/s1. The van der Waals surface area contributed by atoms with Crippen molar-refractivity contribution in [1.82, 2.24) is 9.80 Å². The van der Waals surface area contributed by atoms with Crippen LogP contribution in [0, 0.1) is 23.7 Å². The maximum Gasteiger partial charge on any atom is 0.166 e. The first-order chi connectivity index (χ1) is 30.0. The first kappa shape index (κ1) is 35.6. The zero-order chi connectivity index (χ0) is 42.2. The molecule has 3 saturated carbocycles. The summed E-state index contributed by atoms with van der Waals surface area (Å²) in [5.74, 6) is 2.04. The lowest BCUT2D eigenvalue weighted by atomic mass is 9.16. The van der Waals surface area contributed by atoms with Gasteiger partial charge in [0.15, 0.2) is 23.0 Å². The van der Waals surface area contributed by atoms with E-state index in [2.05, 4.69) is 36.0 Å². The lowest BCUT2D eigenvalue weighted by molar-refractivity contribution is -0.402. The van der Waals surface area contributed by atoms with Gasteiger partial charge in [0.25, 0.3) is 0 Å². The summed E-state index contributed by atoms with van der Waals surface area (Å²) >= 11 is 0. The number of aromatic hydroxyl groups is 4. The number of phenolic OH excluding ortho intramolecular Hbond substituents is 4. The number of hydrogen-bond acceptors (Lipinski definition) is 12. The number of hydrogen-bond donors (Lipinski definition) is 4. The molecule has 2 saturated heterocycles. The zero-order valence-electron chi connectivity index (χ0n) is 35.6. The van der Waals surface area contributed by atoms with Crippen molar-refractivity contribution in [2.45, 2.75) is 82.8 Å². The molecule has 4 heterocycles. The van der Waals surface area contributed by atoms with E-state index in [0.717, 1.165) is 59.7 Å². The van der Waals surface area contributed by atoms with Gasteiger partial charge in [0.2, 0.25) is 0 Å². The summed E-state index contributed by atoms with van der Waals surface area (Å²) in [5, 5.41) is 50.7. The van der Waals surface area contributed by atoms with E-state index in [-0.39, 0.29) is 58.8 Å². The Morgan fingerprint density at radius 3 is 1.27 bits per heavy atom. The molecule has 4 unspecified atom stereocenters. The van der Waals surface area contributed by atoms with Crippen molar-refractivity contribution < 1.29 is 48.8 Å². The van der Waals surface area contributed by atoms with Crippen molar-refractivity contribution in [3.63, 3.8) is 0 Å². The maximum atomic E-state index is 12.8. The smallest absolute Gasteiger partial charge is 0.166 e. The van der Waals surface area contributed by atoms with Gasteiger partial charge in [-0.3, -0.25) is 0 Å². The third-order valence-electron chi connectivity index (χ3n) is 20.2. The number of nitrogens with zero attached hydrogens (tertiary/aromatic N) is 2. The van der Waals surface area contributed by atoms with Gasteiger partial charge in [-0.05, 0) is 112 Å². The summed E-state index contributed by atoms with van der Waals surface area (Å²) in [4.78, 5) is 5.01. The number of methoxy groups -OCH3 is 4. The SMILES string of the molecule is COc1ccc2c3c1O[C@@H]1[C@]34CCN(C)[C@H](C2)[C@@]42c3c(O)ccc(O)c3[C@]1(OC)C1C3C(C12)[C@]12c4c(O)ccc(O)c4[C@]3(OC)[C@@H]3Oc4c(OC)ccc5c4[C@@]31CCN(C)[C@@H]2C5. The quantitative estimate of drug-likeness (QED) is 0.209. The van der Waals surface area contributed by atoms with Crippen molar-refractivity contribution in [2.24, 2.45) is 23.7 Å². The van der Waals surface area contributed by atoms with Crippen LogP contribution in [-0.2, 0) is 55.2 Å². The van der Waals surface area contributed by atoms with Gasteiger partial charge in [-0.2, -0.15) is 0 Å². The molecule has 14 atom stereocenters. The molecule has 320 valence electrons. The lowest BCUT2D eigenvalue weighted by Crippen LogP contribution is -2.96. The van der Waals surface area contributed by atoms with Crippen LogP contribution in [0.3, 0.4) is 0 Å². The molecule has 0 amide bonds. The number of piperidine rings is 2. The van der Waals surface area contributed by atoms with Crippen molar-refractivity contribution in [3.8, 4) is 46.0 Å². The number of ether oxygens (including phenoxy) is 6. The van der Waals surface area contributed by atoms with Gasteiger partial charge < -0.3 is 58.6 Å². The number of benzene rings is 4. The molecule has 4 aliphatic heterocycles. The summed E-state index contributed by atoms with van der Waals surface area (Å²) in [7, 11) is 11.3. The van der Waals surface area contributed by atoms with Crippen LogP contribution < -0.4 is 18.9 Å². The Kier molecular flexibility index (Phi) is 5.87. The van der Waals surface area contributed by atoms with E-state index < -0.39 is 45.1 Å². The summed E-state index contributed by atoms with van der Waals surface area (Å²) in [6.07, 6.45) is 1.62. The normalized spacial score (nSPS) is 43.8. The minimum Gasteiger partial charge on any atom is -0.508 e. The highest BCUT2D eigenvalue weighted by Crippen LogP contribution is 2.93. The molecule has 12 heteroatoms. The Bertz CT molecular complexity index is 2640. The molecule has 4 aromatic carbocycles. The predicted octanol–water partition coefficient (Wildman–Crippen LogP) is 4.84. The molecule has 0 aromatic heterocycles. The second-order valence-electron chi connectivity index (χ2n) is 20.6. The van der Waals surface area contributed by atoms with Crippen LogP contribution in [0.5, 0.6) is 46.0 Å². The molecule has 62 heavy (non-hydrogen) atoms. The van der Waals surface area contributed by atoms with Gasteiger partial charge >= 0.3 is 0 Å². The van der Waals surface area contributed by atoms with Gasteiger partial charge in [0, 0.05) is 82.3 Å². The molecule has 17 rings (SSSR count).